The van der Waals surface area contributed by atoms with Crippen molar-refractivity contribution in [2.75, 3.05) is 6.54 Å². The van der Waals surface area contributed by atoms with Crippen molar-refractivity contribution in [3.8, 4) is 5.75 Å². The van der Waals surface area contributed by atoms with Gasteiger partial charge in [-0.1, -0.05) is 6.92 Å². The number of imidazole rings is 1. The van der Waals surface area contributed by atoms with Gasteiger partial charge in [0.2, 0.25) is 0 Å². The Labute approximate surface area is 162 Å². The largest absolute Gasteiger partial charge is 0.481 e. The van der Waals surface area contributed by atoms with Gasteiger partial charge in [-0.25, -0.2) is 9.78 Å². The molecule has 0 radical (unpaired) electrons. The minimum absolute atomic E-state index is 0.0708. The molecule has 1 atom stereocenters. The number of ether oxygens (including phenoxy) is 1. The molecule has 3 heterocycles. The number of amides is 1. The smallest absolute Gasteiger partial charge is 0.336 e. The third-order valence-electron chi connectivity index (χ3n) is 5.13. The average Bonchev–Trinajstić information content (AvgIpc) is 3.03. The van der Waals surface area contributed by atoms with E-state index in [0.29, 0.717) is 24.4 Å². The van der Waals surface area contributed by atoms with E-state index in [1.165, 1.54) is 6.07 Å². The van der Waals surface area contributed by atoms with Crippen LogP contribution in [0.15, 0.2) is 46.0 Å². The second-order valence-corrected chi connectivity index (χ2v) is 7.05. The maximum Gasteiger partial charge on any atom is 0.336 e. The fourth-order valence-corrected chi connectivity index (χ4v) is 3.66. The van der Waals surface area contributed by atoms with Crippen LogP contribution in [0.4, 0.5) is 0 Å². The van der Waals surface area contributed by atoms with E-state index in [1.54, 1.807) is 25.5 Å². The van der Waals surface area contributed by atoms with Gasteiger partial charge in [0.25, 0.3) is 5.91 Å². The standard InChI is InChI=1S/C21H23N3O4/c1-3-15-9-20(25)28-19-10-17(5-6-18(15)19)27-14(2)21(26)23-7-4-8-24-13-22-11-16(24)12-23/h5-6,9-11,13-14H,3-4,7-8,12H2,1-2H3/t14-/m1/s1. The second kappa shape index (κ2) is 7.50. The Bertz CT molecular complexity index is 1070. The minimum Gasteiger partial charge on any atom is -0.481 e. The van der Waals surface area contributed by atoms with Crippen LogP contribution in [0.5, 0.6) is 5.75 Å². The number of fused-ring (bicyclic) bond motifs is 2. The van der Waals surface area contributed by atoms with E-state index in [2.05, 4.69) is 9.55 Å². The number of nitrogens with zero attached hydrogens (tertiary/aromatic N) is 3. The van der Waals surface area contributed by atoms with Gasteiger partial charge in [-0.05, 0) is 37.5 Å². The Morgan fingerprint density at radius 2 is 2.18 bits per heavy atom. The fraction of sp³-hybridized carbons (Fsp3) is 0.381. The molecule has 0 saturated carbocycles. The van der Waals surface area contributed by atoms with Crippen LogP contribution >= 0.6 is 0 Å². The van der Waals surface area contributed by atoms with E-state index >= 15 is 0 Å². The number of carbonyl (C=O) groups excluding carboxylic acids is 1. The Morgan fingerprint density at radius 1 is 1.32 bits per heavy atom. The Balaban J connectivity index is 1.52. The first-order valence-corrected chi connectivity index (χ1v) is 9.56. The molecule has 0 spiro atoms. The van der Waals surface area contributed by atoms with Crippen LogP contribution in [0.3, 0.4) is 0 Å². The molecule has 0 aliphatic carbocycles. The molecule has 28 heavy (non-hydrogen) atoms. The zero-order valence-corrected chi connectivity index (χ0v) is 16.1. The lowest BCUT2D eigenvalue weighted by molar-refractivity contribution is -0.138. The summed E-state index contributed by atoms with van der Waals surface area (Å²) in [7, 11) is 0. The van der Waals surface area contributed by atoms with Crippen molar-refractivity contribution in [1.29, 1.82) is 0 Å². The molecule has 1 aliphatic heterocycles. The highest BCUT2D eigenvalue weighted by Gasteiger charge is 2.25. The summed E-state index contributed by atoms with van der Waals surface area (Å²) in [5.74, 6) is 0.433. The topological polar surface area (TPSA) is 77.6 Å². The van der Waals surface area contributed by atoms with Crippen molar-refractivity contribution in [3.05, 3.63) is 58.5 Å². The number of benzene rings is 1. The molecule has 0 saturated heterocycles. The van der Waals surface area contributed by atoms with Crippen molar-refractivity contribution < 1.29 is 13.9 Å². The van der Waals surface area contributed by atoms with Crippen molar-refractivity contribution in [1.82, 2.24) is 14.5 Å². The van der Waals surface area contributed by atoms with Crippen LogP contribution in [0.1, 0.15) is 31.5 Å². The fourth-order valence-electron chi connectivity index (χ4n) is 3.66. The molecule has 7 heteroatoms. The summed E-state index contributed by atoms with van der Waals surface area (Å²) in [4.78, 5) is 30.6. The highest BCUT2D eigenvalue weighted by Crippen LogP contribution is 2.24. The lowest BCUT2D eigenvalue weighted by Crippen LogP contribution is -2.40. The van der Waals surface area contributed by atoms with Crippen LogP contribution in [0.25, 0.3) is 11.0 Å². The molecule has 0 bridgehead atoms. The molecule has 146 valence electrons. The number of hydrogen-bond acceptors (Lipinski definition) is 5. The van der Waals surface area contributed by atoms with Gasteiger partial charge in [0.15, 0.2) is 6.10 Å². The van der Waals surface area contributed by atoms with Gasteiger partial charge < -0.3 is 18.6 Å². The zero-order chi connectivity index (χ0) is 19.7. The van der Waals surface area contributed by atoms with Crippen LogP contribution in [-0.2, 0) is 24.3 Å². The van der Waals surface area contributed by atoms with Crippen LogP contribution in [-0.4, -0.2) is 33.0 Å². The van der Waals surface area contributed by atoms with E-state index < -0.39 is 6.10 Å². The SMILES string of the molecule is CCc1cc(=O)oc2cc(O[C@H](C)C(=O)N3CCCn4cncc4C3)ccc12. The molecule has 1 aliphatic rings. The van der Waals surface area contributed by atoms with Gasteiger partial charge in [-0.3, -0.25) is 4.79 Å². The first kappa shape index (κ1) is 18.3. The van der Waals surface area contributed by atoms with Crippen LogP contribution < -0.4 is 10.4 Å². The van der Waals surface area contributed by atoms with Crippen molar-refractivity contribution >= 4 is 16.9 Å². The van der Waals surface area contributed by atoms with E-state index in [-0.39, 0.29) is 11.5 Å². The summed E-state index contributed by atoms with van der Waals surface area (Å²) in [6, 6.07) is 6.87. The van der Waals surface area contributed by atoms with Gasteiger partial charge in [-0.2, -0.15) is 0 Å². The highest BCUT2D eigenvalue weighted by atomic mass is 16.5. The number of rotatable bonds is 4. The van der Waals surface area contributed by atoms with Gasteiger partial charge in [-0.15, -0.1) is 0 Å². The summed E-state index contributed by atoms with van der Waals surface area (Å²) in [5.41, 5.74) is 2.05. The van der Waals surface area contributed by atoms with Crippen molar-refractivity contribution in [3.63, 3.8) is 0 Å². The van der Waals surface area contributed by atoms with E-state index in [9.17, 15) is 9.59 Å². The summed E-state index contributed by atoms with van der Waals surface area (Å²) >= 11 is 0. The van der Waals surface area contributed by atoms with E-state index in [4.69, 9.17) is 9.15 Å². The highest BCUT2D eigenvalue weighted by molar-refractivity contribution is 5.83. The molecular weight excluding hydrogens is 358 g/mol. The normalized spacial score (nSPS) is 15.1. The predicted molar refractivity (Wildman–Crippen MR) is 104 cm³/mol. The lowest BCUT2D eigenvalue weighted by Gasteiger charge is -2.24. The van der Waals surface area contributed by atoms with Gasteiger partial charge in [0, 0.05) is 36.8 Å². The molecule has 1 aromatic carbocycles. The molecule has 2 aromatic heterocycles. The van der Waals surface area contributed by atoms with Crippen molar-refractivity contribution in [2.45, 2.75) is 45.9 Å². The first-order chi connectivity index (χ1) is 13.5. The lowest BCUT2D eigenvalue weighted by atomic mass is 10.1. The van der Waals surface area contributed by atoms with Gasteiger partial charge >= 0.3 is 5.63 Å². The maximum absolute atomic E-state index is 12.9. The second-order valence-electron chi connectivity index (χ2n) is 7.05. The molecule has 7 nitrogen and oxygen atoms in total. The Hall–Kier alpha value is -3.09. The zero-order valence-electron chi connectivity index (χ0n) is 16.1. The maximum atomic E-state index is 12.9. The van der Waals surface area contributed by atoms with Crippen molar-refractivity contribution in [2.24, 2.45) is 0 Å². The number of aromatic nitrogens is 2. The number of carbonyl (C=O) groups is 1. The van der Waals surface area contributed by atoms with Gasteiger partial charge in [0.05, 0.1) is 18.6 Å². The molecule has 4 rings (SSSR count). The van der Waals surface area contributed by atoms with Gasteiger partial charge in [0.1, 0.15) is 11.3 Å². The Kier molecular flexibility index (Phi) is 4.90. The van der Waals surface area contributed by atoms with Crippen LogP contribution in [0, 0.1) is 0 Å². The molecule has 0 unspecified atom stereocenters. The van der Waals surface area contributed by atoms with E-state index in [0.717, 1.165) is 36.0 Å². The molecule has 0 fully saturated rings. The minimum atomic E-state index is -0.645. The number of hydrogen-bond donors (Lipinski definition) is 0. The predicted octanol–water partition coefficient (Wildman–Crippen LogP) is 2.75. The summed E-state index contributed by atoms with van der Waals surface area (Å²) in [5, 5.41) is 0.884. The summed E-state index contributed by atoms with van der Waals surface area (Å²) in [6.45, 7) is 5.80. The van der Waals surface area contributed by atoms with Crippen LogP contribution in [0.2, 0.25) is 0 Å². The molecule has 0 N–H and O–H groups in total. The Morgan fingerprint density at radius 3 is 3.00 bits per heavy atom. The first-order valence-electron chi connectivity index (χ1n) is 9.56. The monoisotopic (exact) mass is 381 g/mol. The summed E-state index contributed by atoms with van der Waals surface area (Å²) in [6.07, 6.45) is 4.57. The quantitative estimate of drug-likeness (QED) is 0.650. The third-order valence-corrected chi connectivity index (χ3v) is 5.13. The molecular formula is C21H23N3O4. The number of aryl methyl sites for hydroxylation is 2. The third kappa shape index (κ3) is 3.52. The average molecular weight is 381 g/mol. The summed E-state index contributed by atoms with van der Waals surface area (Å²) < 4.78 is 13.3. The molecule has 1 amide bonds. The van der Waals surface area contributed by atoms with E-state index in [1.807, 2.05) is 24.0 Å². The molecule has 3 aromatic rings.